The van der Waals surface area contributed by atoms with Gasteiger partial charge < -0.3 is 10.4 Å². The van der Waals surface area contributed by atoms with E-state index < -0.39 is 10.0 Å². The van der Waals surface area contributed by atoms with Crippen molar-refractivity contribution in [2.45, 2.75) is 36.6 Å². The van der Waals surface area contributed by atoms with Crippen LogP contribution < -0.4 is 5.32 Å². The Balaban J connectivity index is 1.99. The molecule has 21 heavy (non-hydrogen) atoms. The van der Waals surface area contributed by atoms with Gasteiger partial charge in [0.05, 0.1) is 17.4 Å². The van der Waals surface area contributed by atoms with Crippen molar-refractivity contribution >= 4 is 21.6 Å². The number of aliphatic hydroxyl groups is 1. The molecule has 2 heterocycles. The lowest BCUT2D eigenvalue weighted by atomic mass is 10.0. The second kappa shape index (κ2) is 5.08. The van der Waals surface area contributed by atoms with E-state index >= 15 is 0 Å². The van der Waals surface area contributed by atoms with E-state index in [1.54, 1.807) is 19.1 Å². The van der Waals surface area contributed by atoms with Gasteiger partial charge in [-0.2, -0.15) is 4.31 Å². The van der Waals surface area contributed by atoms with Crippen molar-refractivity contribution in [3.05, 3.63) is 23.8 Å². The number of anilines is 1. The van der Waals surface area contributed by atoms with E-state index in [0.29, 0.717) is 24.2 Å². The first-order chi connectivity index (χ1) is 9.95. The number of aliphatic hydroxyl groups excluding tert-OH is 1. The van der Waals surface area contributed by atoms with Crippen LogP contribution in [0.25, 0.3) is 0 Å². The van der Waals surface area contributed by atoms with Gasteiger partial charge in [-0.25, -0.2) is 8.42 Å². The Bertz CT molecular complexity index is 686. The SMILES string of the molecule is CC1C(=O)Nc2ccc(S(=O)(=O)N3CCC[C@@H]3CO)cc21. The molecule has 2 aliphatic heterocycles. The first-order valence-electron chi connectivity index (χ1n) is 7.02. The van der Waals surface area contributed by atoms with Gasteiger partial charge in [0, 0.05) is 18.3 Å². The number of rotatable bonds is 3. The molecule has 2 atom stereocenters. The molecule has 7 heteroatoms. The van der Waals surface area contributed by atoms with E-state index in [-0.39, 0.29) is 29.4 Å². The quantitative estimate of drug-likeness (QED) is 0.868. The van der Waals surface area contributed by atoms with Gasteiger partial charge in [0.1, 0.15) is 0 Å². The third-order valence-electron chi connectivity index (χ3n) is 4.28. The fraction of sp³-hybridized carbons (Fsp3) is 0.500. The average Bonchev–Trinajstić information content (AvgIpc) is 3.05. The maximum absolute atomic E-state index is 12.7. The largest absolute Gasteiger partial charge is 0.395 e. The van der Waals surface area contributed by atoms with Gasteiger partial charge in [-0.1, -0.05) is 0 Å². The van der Waals surface area contributed by atoms with Crippen LogP contribution >= 0.6 is 0 Å². The molecular formula is C14H18N2O4S. The van der Waals surface area contributed by atoms with Crippen molar-refractivity contribution in [3.8, 4) is 0 Å². The summed E-state index contributed by atoms with van der Waals surface area (Å²) in [4.78, 5) is 11.8. The number of hydrogen-bond donors (Lipinski definition) is 2. The molecule has 0 saturated carbocycles. The van der Waals surface area contributed by atoms with Gasteiger partial charge in [-0.15, -0.1) is 0 Å². The van der Waals surface area contributed by atoms with Gasteiger partial charge in [0.2, 0.25) is 15.9 Å². The van der Waals surface area contributed by atoms with Crippen LogP contribution in [0.4, 0.5) is 5.69 Å². The Kier molecular flexibility index (Phi) is 3.51. The van der Waals surface area contributed by atoms with Crippen molar-refractivity contribution in [2.24, 2.45) is 0 Å². The molecule has 6 nitrogen and oxygen atoms in total. The van der Waals surface area contributed by atoms with Crippen LogP contribution in [-0.4, -0.2) is 42.9 Å². The number of nitrogens with one attached hydrogen (secondary N) is 1. The Hall–Kier alpha value is -1.44. The van der Waals surface area contributed by atoms with Crippen LogP contribution in [0.1, 0.15) is 31.2 Å². The molecule has 0 bridgehead atoms. The number of amides is 1. The monoisotopic (exact) mass is 310 g/mol. The van der Waals surface area contributed by atoms with Crippen LogP contribution in [0.5, 0.6) is 0 Å². The molecule has 1 fully saturated rings. The van der Waals surface area contributed by atoms with E-state index in [0.717, 1.165) is 6.42 Å². The summed E-state index contributed by atoms with van der Waals surface area (Å²) < 4.78 is 26.8. The van der Waals surface area contributed by atoms with Crippen molar-refractivity contribution in [3.63, 3.8) is 0 Å². The molecule has 0 radical (unpaired) electrons. The Morgan fingerprint density at radius 1 is 1.43 bits per heavy atom. The van der Waals surface area contributed by atoms with Crippen molar-refractivity contribution in [1.82, 2.24) is 4.31 Å². The number of hydrogen-bond acceptors (Lipinski definition) is 4. The molecule has 0 aromatic heterocycles. The first kappa shape index (κ1) is 14.5. The fourth-order valence-electron chi connectivity index (χ4n) is 3.00. The number of carbonyl (C=O) groups is 1. The zero-order valence-electron chi connectivity index (χ0n) is 11.7. The lowest BCUT2D eigenvalue weighted by Crippen LogP contribution is -2.37. The second-order valence-corrected chi connectivity index (χ2v) is 7.44. The van der Waals surface area contributed by atoms with E-state index in [2.05, 4.69) is 5.32 Å². The van der Waals surface area contributed by atoms with Crippen LogP contribution in [-0.2, 0) is 14.8 Å². The van der Waals surface area contributed by atoms with Crippen LogP contribution in [0.3, 0.4) is 0 Å². The zero-order valence-corrected chi connectivity index (χ0v) is 12.6. The smallest absolute Gasteiger partial charge is 0.243 e. The number of sulfonamides is 1. The van der Waals surface area contributed by atoms with Gasteiger partial charge in [-0.3, -0.25) is 4.79 Å². The fourth-order valence-corrected chi connectivity index (χ4v) is 4.72. The predicted octanol–water partition coefficient (Wildman–Crippen LogP) is 0.888. The van der Waals surface area contributed by atoms with E-state index in [1.807, 2.05) is 0 Å². The standard InChI is InChI=1S/C14H18N2O4S/c1-9-12-7-11(4-5-13(12)15-14(9)18)21(19,20)16-6-2-3-10(16)8-17/h4-5,7,9-10,17H,2-3,6,8H2,1H3,(H,15,18)/t9?,10-/m1/s1. The van der Waals surface area contributed by atoms with Crippen molar-refractivity contribution in [1.29, 1.82) is 0 Å². The van der Waals surface area contributed by atoms with Crippen molar-refractivity contribution in [2.75, 3.05) is 18.5 Å². The normalized spacial score (nSPS) is 25.9. The molecule has 2 aliphatic rings. The van der Waals surface area contributed by atoms with E-state index in [4.69, 9.17) is 0 Å². The molecule has 1 unspecified atom stereocenters. The summed E-state index contributed by atoms with van der Waals surface area (Å²) in [5.74, 6) is -0.462. The van der Waals surface area contributed by atoms with Gasteiger partial charge in [0.25, 0.3) is 0 Å². The molecule has 1 aromatic carbocycles. The van der Waals surface area contributed by atoms with Gasteiger partial charge >= 0.3 is 0 Å². The third-order valence-corrected chi connectivity index (χ3v) is 6.23. The number of fused-ring (bicyclic) bond motifs is 1. The molecule has 1 amide bonds. The predicted molar refractivity (Wildman–Crippen MR) is 77.5 cm³/mol. The maximum atomic E-state index is 12.7. The van der Waals surface area contributed by atoms with Crippen molar-refractivity contribution < 1.29 is 18.3 Å². The summed E-state index contributed by atoms with van der Waals surface area (Å²) in [5, 5.41) is 12.0. The average molecular weight is 310 g/mol. The Morgan fingerprint density at radius 3 is 2.90 bits per heavy atom. The molecular weight excluding hydrogens is 292 g/mol. The highest BCUT2D eigenvalue weighted by Crippen LogP contribution is 2.35. The number of carbonyl (C=O) groups excluding carboxylic acids is 1. The summed E-state index contributed by atoms with van der Waals surface area (Å²) in [6.45, 7) is 2.02. The first-order valence-corrected chi connectivity index (χ1v) is 8.46. The minimum Gasteiger partial charge on any atom is -0.395 e. The minimum atomic E-state index is -3.63. The number of nitrogens with zero attached hydrogens (tertiary/aromatic N) is 1. The molecule has 1 aromatic rings. The van der Waals surface area contributed by atoms with E-state index in [1.165, 1.54) is 10.4 Å². The summed E-state index contributed by atoms with van der Waals surface area (Å²) in [6.07, 6.45) is 1.43. The van der Waals surface area contributed by atoms with Gasteiger partial charge in [-0.05, 0) is 43.5 Å². The molecule has 1 saturated heterocycles. The summed E-state index contributed by atoms with van der Waals surface area (Å²) in [5.41, 5.74) is 1.38. The molecule has 2 N–H and O–H groups in total. The molecule has 0 spiro atoms. The minimum absolute atomic E-state index is 0.117. The van der Waals surface area contributed by atoms with Crippen LogP contribution in [0, 0.1) is 0 Å². The van der Waals surface area contributed by atoms with Crippen LogP contribution in [0.15, 0.2) is 23.1 Å². The van der Waals surface area contributed by atoms with Gasteiger partial charge in [0.15, 0.2) is 0 Å². The highest BCUT2D eigenvalue weighted by atomic mass is 32.2. The molecule has 0 aliphatic carbocycles. The maximum Gasteiger partial charge on any atom is 0.243 e. The topological polar surface area (TPSA) is 86.7 Å². The Labute approximate surface area is 123 Å². The molecule has 114 valence electrons. The lowest BCUT2D eigenvalue weighted by molar-refractivity contribution is -0.116. The zero-order chi connectivity index (χ0) is 15.2. The number of benzene rings is 1. The second-order valence-electron chi connectivity index (χ2n) is 5.55. The summed E-state index contributed by atoms with van der Waals surface area (Å²) in [6, 6.07) is 4.37. The third kappa shape index (κ3) is 2.25. The van der Waals surface area contributed by atoms with Crippen LogP contribution in [0.2, 0.25) is 0 Å². The van der Waals surface area contributed by atoms with E-state index in [9.17, 15) is 18.3 Å². The Morgan fingerprint density at radius 2 is 2.19 bits per heavy atom. The lowest BCUT2D eigenvalue weighted by Gasteiger charge is -2.22. The summed E-state index contributed by atoms with van der Waals surface area (Å²) >= 11 is 0. The summed E-state index contributed by atoms with van der Waals surface area (Å²) in [7, 11) is -3.63. The molecule has 3 rings (SSSR count). The highest BCUT2D eigenvalue weighted by Gasteiger charge is 2.36. The highest BCUT2D eigenvalue weighted by molar-refractivity contribution is 7.89.